The van der Waals surface area contributed by atoms with Crippen LogP contribution in [0.15, 0.2) is 66.7 Å². The quantitative estimate of drug-likeness (QED) is 0.583. The Hall–Kier alpha value is -2.36. The summed E-state index contributed by atoms with van der Waals surface area (Å²) in [6.07, 6.45) is 3.18. The van der Waals surface area contributed by atoms with Gasteiger partial charge in [-0.3, -0.25) is 0 Å². The molecule has 1 saturated carbocycles. The molecule has 3 heteroatoms. The van der Waals surface area contributed by atoms with Crippen LogP contribution in [0.4, 0.5) is 0 Å². The molecule has 4 rings (SSSR count). The van der Waals surface area contributed by atoms with Gasteiger partial charge in [0.1, 0.15) is 18.0 Å². The predicted octanol–water partition coefficient (Wildman–Crippen LogP) is 5.46. The first kappa shape index (κ1) is 18.0. The van der Waals surface area contributed by atoms with Gasteiger partial charge in [-0.25, -0.2) is 0 Å². The smallest absolute Gasteiger partial charge is 0.120 e. The van der Waals surface area contributed by atoms with E-state index in [1.54, 1.807) is 14.2 Å². The summed E-state index contributed by atoms with van der Waals surface area (Å²) in [6, 6.07) is 23.1. The topological polar surface area (TPSA) is 27.7 Å². The molecule has 1 aliphatic rings. The second kappa shape index (κ2) is 7.71. The summed E-state index contributed by atoms with van der Waals surface area (Å²) in [4.78, 5) is 0. The van der Waals surface area contributed by atoms with Crippen LogP contribution in [-0.2, 0) is 21.7 Å². The molecule has 3 nitrogen and oxygen atoms in total. The van der Waals surface area contributed by atoms with Crippen LogP contribution in [0.2, 0.25) is 0 Å². The Kier molecular flexibility index (Phi) is 5.15. The fourth-order valence-electron chi connectivity index (χ4n) is 4.28. The van der Waals surface area contributed by atoms with Gasteiger partial charge in [-0.05, 0) is 59.4 Å². The summed E-state index contributed by atoms with van der Waals surface area (Å²) in [5.41, 5.74) is 1.92. The summed E-state index contributed by atoms with van der Waals surface area (Å²) >= 11 is 0. The van der Waals surface area contributed by atoms with Crippen molar-refractivity contribution in [3.63, 3.8) is 0 Å². The molecule has 0 spiro atoms. The lowest BCUT2D eigenvalue weighted by atomic mass is 9.89. The van der Waals surface area contributed by atoms with Gasteiger partial charge in [0.05, 0.1) is 6.10 Å². The number of methoxy groups -OCH3 is 2. The highest BCUT2D eigenvalue weighted by atomic mass is 16.5. The fraction of sp³-hybridized carbons (Fsp3) is 0.333. The summed E-state index contributed by atoms with van der Waals surface area (Å²) < 4.78 is 17.8. The van der Waals surface area contributed by atoms with Crippen LogP contribution in [0.1, 0.15) is 30.4 Å². The summed E-state index contributed by atoms with van der Waals surface area (Å²) in [6.45, 7) is 0.544. The van der Waals surface area contributed by atoms with Crippen LogP contribution in [-0.4, -0.2) is 20.3 Å². The van der Waals surface area contributed by atoms with Crippen LogP contribution in [0.5, 0.6) is 5.75 Å². The minimum absolute atomic E-state index is 0.0817. The third kappa shape index (κ3) is 3.45. The van der Waals surface area contributed by atoms with Gasteiger partial charge in [0, 0.05) is 14.2 Å². The van der Waals surface area contributed by atoms with E-state index in [1.165, 1.54) is 10.8 Å². The van der Waals surface area contributed by atoms with Gasteiger partial charge in [0.15, 0.2) is 0 Å². The third-order valence-corrected chi connectivity index (χ3v) is 5.73. The van der Waals surface area contributed by atoms with Crippen molar-refractivity contribution < 1.29 is 14.2 Å². The van der Waals surface area contributed by atoms with Crippen molar-refractivity contribution in [2.75, 3.05) is 14.2 Å². The van der Waals surface area contributed by atoms with Crippen molar-refractivity contribution in [3.8, 4) is 5.75 Å². The highest BCUT2D eigenvalue weighted by Crippen LogP contribution is 2.44. The lowest BCUT2D eigenvalue weighted by Gasteiger charge is -2.34. The van der Waals surface area contributed by atoms with Gasteiger partial charge in [-0.2, -0.15) is 0 Å². The lowest BCUT2D eigenvalue weighted by molar-refractivity contribution is -0.104. The van der Waals surface area contributed by atoms with E-state index in [1.807, 2.05) is 12.1 Å². The molecule has 2 atom stereocenters. The fourth-order valence-corrected chi connectivity index (χ4v) is 4.28. The van der Waals surface area contributed by atoms with Gasteiger partial charge >= 0.3 is 0 Å². The molecular formula is C24H26O3. The highest BCUT2D eigenvalue weighted by Gasteiger charge is 2.45. The first-order valence-electron chi connectivity index (χ1n) is 9.54. The number of hydrogen-bond donors (Lipinski definition) is 0. The minimum atomic E-state index is -0.378. The second-order valence-corrected chi connectivity index (χ2v) is 7.21. The van der Waals surface area contributed by atoms with Crippen molar-refractivity contribution in [2.45, 2.75) is 37.6 Å². The molecule has 140 valence electrons. The zero-order valence-corrected chi connectivity index (χ0v) is 16.0. The van der Waals surface area contributed by atoms with Crippen molar-refractivity contribution in [1.29, 1.82) is 0 Å². The molecule has 0 saturated heterocycles. The molecular weight excluding hydrogens is 336 g/mol. The van der Waals surface area contributed by atoms with Crippen molar-refractivity contribution in [3.05, 3.63) is 77.9 Å². The zero-order valence-electron chi connectivity index (χ0n) is 16.0. The maximum Gasteiger partial charge on any atom is 0.120 e. The predicted molar refractivity (Wildman–Crippen MR) is 108 cm³/mol. The average molecular weight is 362 g/mol. The molecule has 1 fully saturated rings. The molecule has 0 unspecified atom stereocenters. The first-order valence-corrected chi connectivity index (χ1v) is 9.54. The third-order valence-electron chi connectivity index (χ3n) is 5.73. The van der Waals surface area contributed by atoms with Crippen LogP contribution in [0.3, 0.4) is 0 Å². The van der Waals surface area contributed by atoms with Crippen LogP contribution < -0.4 is 4.74 Å². The summed E-state index contributed by atoms with van der Waals surface area (Å²) in [5, 5.41) is 2.48. The van der Waals surface area contributed by atoms with Crippen LogP contribution in [0, 0.1) is 0 Å². The standard InChI is InChI=1S/C24H26O3/c1-25-23-11-6-14-24(23,26-2)21-9-5-10-22(16-21)27-17-18-12-13-19-7-3-4-8-20(19)15-18/h3-5,7-10,12-13,15-16,23H,6,11,14,17H2,1-2H3/t23-,24+/m0/s1. The Balaban J connectivity index is 1.53. The Bertz CT molecular complexity index is 920. The van der Waals surface area contributed by atoms with Crippen LogP contribution in [0.25, 0.3) is 10.8 Å². The molecule has 0 N–H and O–H groups in total. The molecule has 0 amide bonds. The van der Waals surface area contributed by atoms with Gasteiger partial charge < -0.3 is 14.2 Å². The first-order chi connectivity index (χ1) is 13.2. The van der Waals surface area contributed by atoms with Crippen molar-refractivity contribution in [1.82, 2.24) is 0 Å². The van der Waals surface area contributed by atoms with E-state index in [-0.39, 0.29) is 11.7 Å². The highest BCUT2D eigenvalue weighted by molar-refractivity contribution is 5.82. The monoisotopic (exact) mass is 362 g/mol. The summed E-state index contributed by atoms with van der Waals surface area (Å²) in [5.74, 6) is 0.860. The van der Waals surface area contributed by atoms with E-state index < -0.39 is 0 Å². The second-order valence-electron chi connectivity index (χ2n) is 7.21. The molecule has 0 heterocycles. The molecule has 1 aliphatic carbocycles. The van der Waals surface area contributed by atoms with Gasteiger partial charge in [-0.15, -0.1) is 0 Å². The average Bonchev–Trinajstić information content (AvgIpc) is 3.16. The molecule has 0 aromatic heterocycles. The zero-order chi connectivity index (χ0) is 18.7. The summed E-state index contributed by atoms with van der Waals surface area (Å²) in [7, 11) is 3.55. The Morgan fingerprint density at radius 1 is 0.926 bits per heavy atom. The number of hydrogen-bond acceptors (Lipinski definition) is 3. The van der Waals surface area contributed by atoms with E-state index in [0.29, 0.717) is 6.61 Å². The molecule has 0 aliphatic heterocycles. The maximum atomic E-state index is 6.10. The number of benzene rings is 3. The molecule has 0 bridgehead atoms. The van der Waals surface area contributed by atoms with E-state index in [9.17, 15) is 0 Å². The van der Waals surface area contributed by atoms with Gasteiger partial charge in [0.25, 0.3) is 0 Å². The van der Waals surface area contributed by atoms with Gasteiger partial charge in [0.2, 0.25) is 0 Å². The molecule has 0 radical (unpaired) electrons. The Morgan fingerprint density at radius 2 is 1.78 bits per heavy atom. The van der Waals surface area contributed by atoms with E-state index in [4.69, 9.17) is 14.2 Å². The SMILES string of the molecule is CO[C@H]1CCC[C@@]1(OC)c1cccc(OCc2ccc3ccccc3c2)c1. The van der Waals surface area contributed by atoms with Gasteiger partial charge in [-0.1, -0.05) is 48.5 Å². The number of rotatable bonds is 6. The largest absolute Gasteiger partial charge is 0.489 e. The van der Waals surface area contributed by atoms with E-state index in [2.05, 4.69) is 54.6 Å². The molecule has 3 aromatic carbocycles. The Morgan fingerprint density at radius 3 is 2.59 bits per heavy atom. The Labute approximate surface area is 160 Å². The van der Waals surface area contributed by atoms with Crippen molar-refractivity contribution >= 4 is 10.8 Å². The van der Waals surface area contributed by atoms with E-state index >= 15 is 0 Å². The normalized spacial score (nSPS) is 22.2. The molecule has 3 aromatic rings. The lowest BCUT2D eigenvalue weighted by Crippen LogP contribution is -2.37. The van der Waals surface area contributed by atoms with E-state index in [0.717, 1.165) is 36.1 Å². The minimum Gasteiger partial charge on any atom is -0.489 e. The van der Waals surface area contributed by atoms with Crippen molar-refractivity contribution in [2.24, 2.45) is 0 Å². The number of ether oxygens (including phenoxy) is 3. The molecule has 27 heavy (non-hydrogen) atoms. The maximum absolute atomic E-state index is 6.10. The number of fused-ring (bicyclic) bond motifs is 1. The van der Waals surface area contributed by atoms with Crippen LogP contribution >= 0.6 is 0 Å².